The molecule has 1 amide bonds. The topological polar surface area (TPSA) is 126 Å². The number of carbonyl (C=O) groups excluding carboxylic acids is 2. The molecule has 42 heavy (non-hydrogen) atoms. The van der Waals surface area contributed by atoms with E-state index in [4.69, 9.17) is 32.7 Å². The Kier molecular flexibility index (Phi) is 8.44. The van der Waals surface area contributed by atoms with Crippen LogP contribution >= 0.6 is 23.2 Å². The molecule has 2 aromatic carbocycles. The highest BCUT2D eigenvalue weighted by molar-refractivity contribution is 7.90. The van der Waals surface area contributed by atoms with Crippen LogP contribution in [-0.2, 0) is 26.0 Å². The summed E-state index contributed by atoms with van der Waals surface area (Å²) in [7, 11) is -4.31. The van der Waals surface area contributed by atoms with Gasteiger partial charge in [-0.1, -0.05) is 41.4 Å². The van der Waals surface area contributed by atoms with Gasteiger partial charge in [0.25, 0.3) is 15.9 Å². The van der Waals surface area contributed by atoms with Crippen LogP contribution in [0.15, 0.2) is 59.8 Å². The van der Waals surface area contributed by atoms with E-state index in [9.17, 15) is 32.0 Å². The van der Waals surface area contributed by atoms with Crippen LogP contribution in [0.2, 0.25) is 10.0 Å². The average molecular weight is 643 g/mol. The quantitative estimate of drug-likeness (QED) is 0.168. The van der Waals surface area contributed by atoms with E-state index in [1.807, 2.05) is 0 Å². The Morgan fingerprint density at radius 1 is 1.10 bits per heavy atom. The number of pyridine rings is 1. The molecular weight excluding hydrogens is 621 g/mol. The van der Waals surface area contributed by atoms with E-state index < -0.39 is 41.2 Å². The second-order valence-electron chi connectivity index (χ2n) is 9.63. The molecule has 0 radical (unpaired) electrons. The van der Waals surface area contributed by atoms with Gasteiger partial charge in [-0.3, -0.25) is 9.59 Å². The monoisotopic (exact) mass is 642 g/mol. The molecule has 222 valence electrons. The van der Waals surface area contributed by atoms with Gasteiger partial charge in [0.15, 0.2) is 23.9 Å². The van der Waals surface area contributed by atoms with Crippen LogP contribution in [0.1, 0.15) is 40.4 Å². The molecule has 2 aliphatic rings. The van der Waals surface area contributed by atoms with Gasteiger partial charge in [-0.2, -0.15) is 13.5 Å². The highest BCUT2D eigenvalue weighted by atomic mass is 35.5. The van der Waals surface area contributed by atoms with Crippen molar-refractivity contribution in [3.8, 4) is 11.5 Å². The Hall–Kier alpha value is -3.68. The molecule has 1 aromatic heterocycles. The number of esters is 1. The maximum absolute atomic E-state index is 13.1. The van der Waals surface area contributed by atoms with Gasteiger partial charge in [-0.25, -0.2) is 12.7 Å². The van der Waals surface area contributed by atoms with E-state index >= 15 is 0 Å². The van der Waals surface area contributed by atoms with Crippen molar-refractivity contribution in [2.45, 2.75) is 36.9 Å². The van der Waals surface area contributed by atoms with Crippen LogP contribution in [0.25, 0.3) is 0 Å². The summed E-state index contributed by atoms with van der Waals surface area (Å²) in [4.78, 5) is 25.7. The van der Waals surface area contributed by atoms with E-state index in [0.717, 1.165) is 25.2 Å². The van der Waals surface area contributed by atoms with Crippen molar-refractivity contribution < 1.29 is 45.7 Å². The molecule has 3 aromatic rings. The number of amides is 1. The van der Waals surface area contributed by atoms with E-state index in [1.54, 1.807) is 0 Å². The van der Waals surface area contributed by atoms with Crippen LogP contribution in [0.5, 0.6) is 11.5 Å². The molecule has 0 saturated heterocycles. The number of aromatic nitrogens is 1. The lowest BCUT2D eigenvalue weighted by molar-refractivity contribution is -0.605. The fraction of sp³-hybridized carbons (Fsp3) is 0.296. The zero-order valence-corrected chi connectivity index (χ0v) is 23.9. The summed E-state index contributed by atoms with van der Waals surface area (Å²) in [6, 6.07) is 9.45. The third-order valence-electron chi connectivity index (χ3n) is 6.63. The summed E-state index contributed by atoms with van der Waals surface area (Å²) in [5, 5.41) is 11.7. The number of hydrogen-bond acceptors (Lipinski definition) is 8. The molecular formula is C27H22Cl2F2N2O8S. The third-order valence-corrected chi connectivity index (χ3v) is 9.07. The Morgan fingerprint density at radius 3 is 2.43 bits per heavy atom. The Balaban J connectivity index is 1.46. The molecule has 10 nitrogen and oxygen atoms in total. The van der Waals surface area contributed by atoms with Crippen LogP contribution in [0.3, 0.4) is 0 Å². The smallest absolute Gasteiger partial charge is 0.387 e. The number of halogens is 4. The maximum atomic E-state index is 13.1. The number of hydrogen-bond donors (Lipinski definition) is 0. The van der Waals surface area contributed by atoms with Gasteiger partial charge in [0, 0.05) is 12.0 Å². The summed E-state index contributed by atoms with van der Waals surface area (Å²) in [6.45, 7) is -3.82. The van der Waals surface area contributed by atoms with Crippen molar-refractivity contribution >= 4 is 45.1 Å². The predicted molar refractivity (Wildman–Crippen MR) is 144 cm³/mol. The van der Waals surface area contributed by atoms with Gasteiger partial charge in [0.1, 0.15) is 27.6 Å². The van der Waals surface area contributed by atoms with Crippen LogP contribution in [0.4, 0.5) is 8.78 Å². The first-order valence-electron chi connectivity index (χ1n) is 12.6. The predicted octanol–water partition coefficient (Wildman–Crippen LogP) is 4.69. The van der Waals surface area contributed by atoms with E-state index in [0.29, 0.717) is 9.04 Å². The molecule has 1 aliphatic carbocycles. The lowest BCUT2D eigenvalue weighted by Crippen LogP contribution is -2.36. The molecule has 2 heterocycles. The number of nitrogens with zero attached hydrogens (tertiary/aromatic N) is 2. The summed E-state index contributed by atoms with van der Waals surface area (Å²) in [5.74, 6) is -1.99. The van der Waals surface area contributed by atoms with Gasteiger partial charge in [-0.05, 0) is 48.6 Å². The molecule has 15 heteroatoms. The van der Waals surface area contributed by atoms with Crippen LogP contribution in [0, 0.1) is 11.1 Å². The molecule has 1 aliphatic heterocycles. The number of fused-ring (bicyclic) bond motifs is 1. The minimum Gasteiger partial charge on any atom is -0.619 e. The Morgan fingerprint density at radius 2 is 1.79 bits per heavy atom. The molecule has 0 unspecified atom stereocenters. The number of rotatable bonds is 11. The second kappa shape index (κ2) is 11.9. The molecule has 5 rings (SSSR count). The van der Waals surface area contributed by atoms with Crippen molar-refractivity contribution in [3.63, 3.8) is 0 Å². The molecule has 1 atom stereocenters. The third kappa shape index (κ3) is 6.37. The first kappa shape index (κ1) is 29.8. The fourth-order valence-electron chi connectivity index (χ4n) is 4.36. The Labute approximate surface area is 248 Å². The Bertz CT molecular complexity index is 1630. The van der Waals surface area contributed by atoms with Gasteiger partial charge in [-0.15, -0.1) is 0 Å². The van der Waals surface area contributed by atoms with Gasteiger partial charge in [0.05, 0.1) is 12.2 Å². The highest BCUT2D eigenvalue weighted by Gasteiger charge is 2.42. The summed E-state index contributed by atoms with van der Waals surface area (Å²) in [5.41, 5.74) is 0.372. The first-order valence-corrected chi connectivity index (χ1v) is 14.8. The SMILES string of the molecule is O=C(CN1C(=O)c2ccccc2S1(=O)=O)O[C@@H](Cc1c(Cl)c[n+]([O-])cc1Cl)c1ccc(OC(F)F)c(OCC2CC2)c1. The van der Waals surface area contributed by atoms with Crippen LogP contribution in [-0.4, -0.2) is 44.4 Å². The van der Waals surface area contributed by atoms with E-state index in [2.05, 4.69) is 4.74 Å². The van der Waals surface area contributed by atoms with E-state index in [1.165, 1.54) is 42.5 Å². The lowest BCUT2D eigenvalue weighted by atomic mass is 10.0. The number of alkyl halides is 2. The minimum atomic E-state index is -4.31. The van der Waals surface area contributed by atoms with Crippen molar-refractivity contribution in [1.82, 2.24) is 4.31 Å². The molecule has 0 spiro atoms. The van der Waals surface area contributed by atoms with Gasteiger partial charge < -0.3 is 19.4 Å². The van der Waals surface area contributed by atoms with Crippen LogP contribution < -0.4 is 14.2 Å². The standard InChI is InChI=1S/C27H22Cl2F2N2O8S/c28-19-11-32(36)12-20(29)18(19)10-22(16-7-8-21(41-27(30)31)23(9-16)39-14-15-5-6-15)40-25(34)13-33-26(35)17-3-1-2-4-24(17)42(33,37)38/h1-4,7-9,11-12,15,22,27H,5-6,10,13-14H2/t22-/m0/s1. The van der Waals surface area contributed by atoms with Crippen molar-refractivity contribution in [2.24, 2.45) is 5.92 Å². The summed E-state index contributed by atoms with van der Waals surface area (Å²) >= 11 is 12.5. The normalized spacial score (nSPS) is 16.3. The summed E-state index contributed by atoms with van der Waals surface area (Å²) < 4.78 is 68.7. The van der Waals surface area contributed by atoms with Crippen molar-refractivity contribution in [2.75, 3.05) is 13.2 Å². The molecule has 1 fully saturated rings. The average Bonchev–Trinajstić information content (AvgIpc) is 3.73. The van der Waals surface area contributed by atoms with Gasteiger partial charge in [0.2, 0.25) is 0 Å². The zero-order valence-electron chi connectivity index (χ0n) is 21.5. The molecule has 1 saturated carbocycles. The summed E-state index contributed by atoms with van der Waals surface area (Å²) in [6.07, 6.45) is 2.50. The lowest BCUT2D eigenvalue weighted by Gasteiger charge is -2.22. The van der Waals surface area contributed by atoms with E-state index in [-0.39, 0.29) is 62.1 Å². The van der Waals surface area contributed by atoms with Crippen molar-refractivity contribution in [3.05, 3.63) is 86.8 Å². The second-order valence-corrected chi connectivity index (χ2v) is 12.3. The van der Waals surface area contributed by atoms with Crippen molar-refractivity contribution in [1.29, 1.82) is 0 Å². The molecule has 0 N–H and O–H groups in total. The number of sulfonamides is 1. The highest BCUT2D eigenvalue weighted by Crippen LogP contribution is 2.38. The fourth-order valence-corrected chi connectivity index (χ4v) is 6.47. The maximum Gasteiger partial charge on any atom is 0.387 e. The number of benzene rings is 2. The zero-order chi connectivity index (χ0) is 30.2. The number of carbonyl (C=O) groups is 2. The first-order chi connectivity index (χ1) is 19.9. The largest absolute Gasteiger partial charge is 0.619 e. The molecule has 0 bridgehead atoms. The minimum absolute atomic E-state index is 0.0313. The number of ether oxygens (including phenoxy) is 3. The van der Waals surface area contributed by atoms with Gasteiger partial charge >= 0.3 is 12.6 Å².